The Hall–Kier alpha value is -1.18. The molecule has 0 saturated heterocycles. The Kier molecular flexibility index (Phi) is 5.17. The van der Waals surface area contributed by atoms with Crippen molar-refractivity contribution in [2.45, 2.75) is 46.1 Å². The minimum atomic E-state index is 0.590. The van der Waals surface area contributed by atoms with Gasteiger partial charge in [0.1, 0.15) is 0 Å². The Morgan fingerprint density at radius 2 is 2.00 bits per heavy atom. The second kappa shape index (κ2) is 6.41. The zero-order chi connectivity index (χ0) is 12.0. The molecule has 90 valence electrons. The highest BCUT2D eigenvalue weighted by atomic mass is 15.2. The van der Waals surface area contributed by atoms with E-state index in [0.717, 1.165) is 12.2 Å². The lowest BCUT2D eigenvalue weighted by molar-refractivity contribution is 0.576. The van der Waals surface area contributed by atoms with Crippen molar-refractivity contribution in [1.29, 1.82) is 0 Å². The molecule has 16 heavy (non-hydrogen) atoms. The van der Waals surface area contributed by atoms with Crippen LogP contribution in [-0.4, -0.2) is 12.6 Å². The van der Waals surface area contributed by atoms with Gasteiger partial charge < -0.3 is 10.6 Å². The molecule has 2 N–H and O–H groups in total. The van der Waals surface area contributed by atoms with Crippen molar-refractivity contribution in [3.05, 3.63) is 24.3 Å². The smallest absolute Gasteiger partial charge is 0.0389 e. The first-order chi connectivity index (χ1) is 7.69. The molecular formula is C14H24N2. The molecule has 0 radical (unpaired) electrons. The topological polar surface area (TPSA) is 29.3 Å². The largest absolute Gasteiger partial charge is 0.399 e. The highest BCUT2D eigenvalue weighted by Crippen LogP contribution is 2.21. The zero-order valence-electron chi connectivity index (χ0n) is 10.7. The number of nitrogens with zero attached hydrogens (tertiary/aromatic N) is 1. The van der Waals surface area contributed by atoms with Gasteiger partial charge in [-0.15, -0.1) is 0 Å². The van der Waals surface area contributed by atoms with Gasteiger partial charge in [-0.1, -0.05) is 26.3 Å². The number of rotatable bonds is 6. The van der Waals surface area contributed by atoms with Crippen LogP contribution in [0.5, 0.6) is 0 Å². The van der Waals surface area contributed by atoms with Crippen LogP contribution in [0.25, 0.3) is 0 Å². The molecule has 0 aromatic heterocycles. The summed E-state index contributed by atoms with van der Waals surface area (Å²) in [6.07, 6.45) is 3.63. The second-order valence-corrected chi connectivity index (χ2v) is 4.43. The summed E-state index contributed by atoms with van der Waals surface area (Å²) in [6, 6.07) is 8.79. The van der Waals surface area contributed by atoms with Crippen LogP contribution in [0.1, 0.15) is 40.0 Å². The van der Waals surface area contributed by atoms with Crippen LogP contribution in [0, 0.1) is 0 Å². The Morgan fingerprint density at radius 3 is 2.56 bits per heavy atom. The second-order valence-electron chi connectivity index (χ2n) is 4.43. The van der Waals surface area contributed by atoms with E-state index in [0.29, 0.717) is 6.04 Å². The molecule has 0 fully saturated rings. The average molecular weight is 220 g/mol. The van der Waals surface area contributed by atoms with Crippen LogP contribution in [0.4, 0.5) is 11.4 Å². The number of hydrogen-bond donors (Lipinski definition) is 1. The van der Waals surface area contributed by atoms with Gasteiger partial charge in [-0.05, 0) is 38.0 Å². The van der Waals surface area contributed by atoms with Crippen LogP contribution < -0.4 is 10.6 Å². The molecule has 0 heterocycles. The molecule has 2 heteroatoms. The average Bonchev–Trinajstić information content (AvgIpc) is 2.26. The molecule has 1 rings (SSSR count). The molecule has 1 unspecified atom stereocenters. The number of nitrogen functional groups attached to an aromatic ring is 1. The Bertz CT molecular complexity index is 309. The van der Waals surface area contributed by atoms with Crippen LogP contribution in [-0.2, 0) is 0 Å². The highest BCUT2D eigenvalue weighted by molar-refractivity contribution is 5.56. The molecular weight excluding hydrogens is 196 g/mol. The lowest BCUT2D eigenvalue weighted by Crippen LogP contribution is -2.33. The highest BCUT2D eigenvalue weighted by Gasteiger charge is 2.12. The Morgan fingerprint density at radius 1 is 1.25 bits per heavy atom. The van der Waals surface area contributed by atoms with E-state index >= 15 is 0 Å². The molecule has 0 spiro atoms. The third kappa shape index (κ3) is 3.44. The van der Waals surface area contributed by atoms with Gasteiger partial charge in [-0.2, -0.15) is 0 Å². The molecule has 0 aliphatic rings. The first-order valence-corrected chi connectivity index (χ1v) is 6.31. The van der Waals surface area contributed by atoms with Crippen LogP contribution in [0.3, 0.4) is 0 Å². The Balaban J connectivity index is 2.83. The number of anilines is 2. The maximum absolute atomic E-state index is 5.84. The van der Waals surface area contributed by atoms with Gasteiger partial charge in [0.05, 0.1) is 0 Å². The van der Waals surface area contributed by atoms with Crippen molar-refractivity contribution in [2.75, 3.05) is 17.2 Å². The monoisotopic (exact) mass is 220 g/mol. The molecule has 1 aromatic carbocycles. The van der Waals surface area contributed by atoms with Crippen molar-refractivity contribution < 1.29 is 0 Å². The fourth-order valence-electron chi connectivity index (χ4n) is 2.12. The molecule has 0 aliphatic heterocycles. The van der Waals surface area contributed by atoms with E-state index < -0.39 is 0 Å². The molecule has 1 aromatic rings. The molecule has 0 saturated carbocycles. The summed E-state index contributed by atoms with van der Waals surface area (Å²) in [6.45, 7) is 7.85. The maximum Gasteiger partial charge on any atom is 0.0389 e. The summed E-state index contributed by atoms with van der Waals surface area (Å²) in [5.41, 5.74) is 7.94. The summed E-state index contributed by atoms with van der Waals surface area (Å²) in [5, 5.41) is 0. The summed E-state index contributed by atoms with van der Waals surface area (Å²) in [7, 11) is 0. The quantitative estimate of drug-likeness (QED) is 0.741. The van der Waals surface area contributed by atoms with E-state index in [4.69, 9.17) is 5.73 Å². The van der Waals surface area contributed by atoms with Crippen molar-refractivity contribution in [2.24, 2.45) is 0 Å². The van der Waals surface area contributed by atoms with Crippen molar-refractivity contribution >= 4 is 11.4 Å². The predicted molar refractivity (Wildman–Crippen MR) is 72.9 cm³/mol. The standard InChI is InChI=1S/C14H24N2/c1-4-7-12(3)16(10-5-2)14-9-6-8-13(15)11-14/h6,8-9,11-12H,4-5,7,10,15H2,1-3H3. The normalized spacial score (nSPS) is 12.4. The number of hydrogen-bond acceptors (Lipinski definition) is 2. The third-order valence-electron chi connectivity index (χ3n) is 2.90. The van der Waals surface area contributed by atoms with Crippen molar-refractivity contribution in [1.82, 2.24) is 0 Å². The fourth-order valence-corrected chi connectivity index (χ4v) is 2.12. The first kappa shape index (κ1) is 12.9. The number of benzene rings is 1. The molecule has 0 aliphatic carbocycles. The van der Waals surface area contributed by atoms with E-state index in [1.54, 1.807) is 0 Å². The molecule has 0 amide bonds. The van der Waals surface area contributed by atoms with E-state index in [1.807, 2.05) is 12.1 Å². The summed E-state index contributed by atoms with van der Waals surface area (Å²) < 4.78 is 0. The van der Waals surface area contributed by atoms with E-state index in [2.05, 4.69) is 37.8 Å². The lowest BCUT2D eigenvalue weighted by Gasteiger charge is -2.31. The van der Waals surface area contributed by atoms with Crippen LogP contribution >= 0.6 is 0 Å². The van der Waals surface area contributed by atoms with Crippen LogP contribution in [0.15, 0.2) is 24.3 Å². The van der Waals surface area contributed by atoms with Gasteiger partial charge in [-0.3, -0.25) is 0 Å². The van der Waals surface area contributed by atoms with Crippen molar-refractivity contribution in [3.63, 3.8) is 0 Å². The van der Waals surface area contributed by atoms with Gasteiger partial charge in [0.25, 0.3) is 0 Å². The lowest BCUT2D eigenvalue weighted by atomic mass is 10.1. The van der Waals surface area contributed by atoms with Gasteiger partial charge >= 0.3 is 0 Å². The fraction of sp³-hybridized carbons (Fsp3) is 0.571. The van der Waals surface area contributed by atoms with E-state index in [-0.39, 0.29) is 0 Å². The van der Waals surface area contributed by atoms with Crippen molar-refractivity contribution in [3.8, 4) is 0 Å². The van der Waals surface area contributed by atoms with Gasteiger partial charge in [0.15, 0.2) is 0 Å². The Labute approximate surface area is 99.5 Å². The van der Waals surface area contributed by atoms with E-state index in [9.17, 15) is 0 Å². The molecule has 0 bridgehead atoms. The zero-order valence-corrected chi connectivity index (χ0v) is 10.7. The SMILES string of the molecule is CCCC(C)N(CCC)c1cccc(N)c1. The van der Waals surface area contributed by atoms with Crippen LogP contribution in [0.2, 0.25) is 0 Å². The van der Waals surface area contributed by atoms with Gasteiger partial charge in [-0.25, -0.2) is 0 Å². The summed E-state index contributed by atoms with van der Waals surface area (Å²) >= 11 is 0. The molecule has 1 atom stereocenters. The summed E-state index contributed by atoms with van der Waals surface area (Å²) in [4.78, 5) is 2.46. The van der Waals surface area contributed by atoms with E-state index in [1.165, 1.54) is 24.9 Å². The summed E-state index contributed by atoms with van der Waals surface area (Å²) in [5.74, 6) is 0. The predicted octanol–water partition coefficient (Wildman–Crippen LogP) is 3.67. The van der Waals surface area contributed by atoms with Gasteiger partial charge in [0, 0.05) is 24.0 Å². The van der Waals surface area contributed by atoms with Gasteiger partial charge in [0.2, 0.25) is 0 Å². The minimum Gasteiger partial charge on any atom is -0.399 e. The number of nitrogens with two attached hydrogens (primary N) is 1. The first-order valence-electron chi connectivity index (χ1n) is 6.31. The third-order valence-corrected chi connectivity index (χ3v) is 2.90. The minimum absolute atomic E-state index is 0.590. The molecule has 2 nitrogen and oxygen atoms in total. The maximum atomic E-state index is 5.84.